The predicted molar refractivity (Wildman–Crippen MR) is 119 cm³/mol. The van der Waals surface area contributed by atoms with Crippen LogP contribution in [0.15, 0.2) is 28.7 Å². The molecule has 1 fully saturated rings. The second-order valence-electron chi connectivity index (χ2n) is 7.64. The second-order valence-corrected chi connectivity index (χ2v) is 7.64. The Kier molecular flexibility index (Phi) is 7.81. The van der Waals surface area contributed by atoms with Crippen molar-refractivity contribution in [3.8, 4) is 17.2 Å². The standard InChI is InChI=1S/C23H29N3O7/c1-14-5-6-17(33-14)23(29)25-16-7-9-26(10-8-16)20(27)13-24-22(28)15-11-18(30-2)21(32-4)19(12-15)31-3/h5-6,11-12,16H,7-10,13H2,1-4H3,(H,24,28)(H,25,29). The highest BCUT2D eigenvalue weighted by atomic mass is 16.5. The number of ether oxygens (including phenoxy) is 3. The number of nitrogens with one attached hydrogen (secondary N) is 2. The van der Waals surface area contributed by atoms with Gasteiger partial charge in [0.2, 0.25) is 11.7 Å². The summed E-state index contributed by atoms with van der Waals surface area (Å²) in [6.45, 7) is 2.61. The number of likely N-dealkylation sites (tertiary alicyclic amines) is 1. The molecule has 1 aromatic heterocycles. The molecular weight excluding hydrogens is 430 g/mol. The Morgan fingerprint density at radius 3 is 2.15 bits per heavy atom. The molecule has 1 aliphatic rings. The van der Waals surface area contributed by atoms with Gasteiger partial charge in [-0.05, 0) is 44.0 Å². The van der Waals surface area contributed by atoms with E-state index in [0.717, 1.165) is 0 Å². The lowest BCUT2D eigenvalue weighted by atomic mass is 10.0. The van der Waals surface area contributed by atoms with E-state index in [0.29, 0.717) is 48.9 Å². The van der Waals surface area contributed by atoms with E-state index in [2.05, 4.69) is 10.6 Å². The Bertz CT molecular complexity index is 984. The number of benzene rings is 1. The van der Waals surface area contributed by atoms with Crippen LogP contribution in [-0.4, -0.2) is 69.6 Å². The van der Waals surface area contributed by atoms with Gasteiger partial charge in [-0.3, -0.25) is 14.4 Å². The summed E-state index contributed by atoms with van der Waals surface area (Å²) in [5, 5.41) is 5.58. The summed E-state index contributed by atoms with van der Waals surface area (Å²) in [4.78, 5) is 39.1. The Morgan fingerprint density at radius 1 is 1.00 bits per heavy atom. The molecule has 2 aromatic rings. The van der Waals surface area contributed by atoms with Gasteiger partial charge in [0.05, 0.1) is 27.9 Å². The van der Waals surface area contributed by atoms with Gasteiger partial charge in [0.1, 0.15) is 5.76 Å². The normalized spacial score (nSPS) is 13.9. The highest BCUT2D eigenvalue weighted by Crippen LogP contribution is 2.38. The molecule has 1 saturated heterocycles. The third kappa shape index (κ3) is 5.76. The van der Waals surface area contributed by atoms with Gasteiger partial charge >= 0.3 is 0 Å². The summed E-state index contributed by atoms with van der Waals surface area (Å²) in [5.74, 6) is 1.15. The number of nitrogens with zero attached hydrogens (tertiary/aromatic N) is 1. The van der Waals surface area contributed by atoms with E-state index in [1.54, 1.807) is 24.0 Å². The zero-order valence-electron chi connectivity index (χ0n) is 19.2. The van der Waals surface area contributed by atoms with Crippen LogP contribution in [0.5, 0.6) is 17.2 Å². The molecule has 0 spiro atoms. The quantitative estimate of drug-likeness (QED) is 0.617. The van der Waals surface area contributed by atoms with Crippen LogP contribution in [0, 0.1) is 6.92 Å². The lowest BCUT2D eigenvalue weighted by Crippen LogP contribution is -2.49. The Hall–Kier alpha value is -3.69. The van der Waals surface area contributed by atoms with E-state index in [9.17, 15) is 14.4 Å². The molecule has 2 heterocycles. The van der Waals surface area contributed by atoms with Crippen molar-refractivity contribution in [2.24, 2.45) is 0 Å². The largest absolute Gasteiger partial charge is 0.493 e. The van der Waals surface area contributed by atoms with Gasteiger partial charge in [-0.15, -0.1) is 0 Å². The summed E-state index contributed by atoms with van der Waals surface area (Å²) in [7, 11) is 4.40. The third-order valence-corrected chi connectivity index (χ3v) is 5.47. The molecule has 33 heavy (non-hydrogen) atoms. The van der Waals surface area contributed by atoms with Crippen molar-refractivity contribution < 1.29 is 33.0 Å². The molecule has 1 aromatic carbocycles. The number of aryl methyl sites for hydroxylation is 1. The monoisotopic (exact) mass is 459 g/mol. The molecule has 0 atom stereocenters. The van der Waals surface area contributed by atoms with Crippen LogP contribution in [0.3, 0.4) is 0 Å². The van der Waals surface area contributed by atoms with E-state index in [-0.39, 0.29) is 35.7 Å². The number of amides is 3. The molecule has 0 unspecified atom stereocenters. The molecule has 1 aliphatic heterocycles. The molecule has 10 heteroatoms. The molecule has 0 radical (unpaired) electrons. The number of hydrogen-bond acceptors (Lipinski definition) is 7. The average molecular weight is 459 g/mol. The molecule has 3 amide bonds. The van der Waals surface area contributed by atoms with E-state index in [1.807, 2.05) is 0 Å². The first-order valence-electron chi connectivity index (χ1n) is 10.6. The van der Waals surface area contributed by atoms with E-state index >= 15 is 0 Å². The molecule has 3 rings (SSSR count). The first-order chi connectivity index (χ1) is 15.9. The van der Waals surface area contributed by atoms with Crippen LogP contribution in [-0.2, 0) is 4.79 Å². The van der Waals surface area contributed by atoms with Crippen molar-refractivity contribution in [1.82, 2.24) is 15.5 Å². The van der Waals surface area contributed by atoms with Gasteiger partial charge in [-0.25, -0.2) is 0 Å². The zero-order valence-corrected chi connectivity index (χ0v) is 19.2. The van der Waals surface area contributed by atoms with E-state index < -0.39 is 5.91 Å². The molecule has 0 bridgehead atoms. The van der Waals surface area contributed by atoms with Crippen LogP contribution in [0.1, 0.15) is 39.5 Å². The van der Waals surface area contributed by atoms with Crippen LogP contribution in [0.2, 0.25) is 0 Å². The fraction of sp³-hybridized carbons (Fsp3) is 0.435. The van der Waals surface area contributed by atoms with Gasteiger partial charge in [0.15, 0.2) is 17.3 Å². The van der Waals surface area contributed by atoms with Crippen molar-refractivity contribution in [3.63, 3.8) is 0 Å². The molecule has 10 nitrogen and oxygen atoms in total. The summed E-state index contributed by atoms with van der Waals surface area (Å²) >= 11 is 0. The van der Waals surface area contributed by atoms with Crippen molar-refractivity contribution in [2.75, 3.05) is 41.0 Å². The van der Waals surface area contributed by atoms with E-state index in [4.69, 9.17) is 18.6 Å². The fourth-order valence-corrected chi connectivity index (χ4v) is 3.67. The fourth-order valence-electron chi connectivity index (χ4n) is 3.67. The smallest absolute Gasteiger partial charge is 0.287 e. The number of hydrogen-bond donors (Lipinski definition) is 2. The molecule has 178 valence electrons. The maximum atomic E-state index is 12.6. The van der Waals surface area contributed by atoms with Crippen LogP contribution in [0.4, 0.5) is 0 Å². The molecule has 0 aliphatic carbocycles. The number of carbonyl (C=O) groups excluding carboxylic acids is 3. The summed E-state index contributed by atoms with van der Waals surface area (Å²) in [5.41, 5.74) is 0.284. The minimum absolute atomic E-state index is 0.0409. The highest BCUT2D eigenvalue weighted by Gasteiger charge is 2.25. The number of carbonyl (C=O) groups is 3. The third-order valence-electron chi connectivity index (χ3n) is 5.47. The van der Waals surface area contributed by atoms with Crippen molar-refractivity contribution in [3.05, 3.63) is 41.3 Å². The maximum Gasteiger partial charge on any atom is 0.287 e. The van der Waals surface area contributed by atoms with Gasteiger partial charge in [-0.1, -0.05) is 0 Å². The minimum Gasteiger partial charge on any atom is -0.493 e. The summed E-state index contributed by atoms with van der Waals surface area (Å²) < 4.78 is 21.1. The summed E-state index contributed by atoms with van der Waals surface area (Å²) in [6.07, 6.45) is 1.25. The number of methoxy groups -OCH3 is 3. The lowest BCUT2D eigenvalue weighted by Gasteiger charge is -2.32. The Balaban J connectivity index is 1.49. The SMILES string of the molecule is COc1cc(C(=O)NCC(=O)N2CCC(NC(=O)c3ccc(C)o3)CC2)cc(OC)c1OC. The first-order valence-corrected chi connectivity index (χ1v) is 10.6. The number of furan rings is 1. The molecule has 2 N–H and O–H groups in total. The molecule has 0 saturated carbocycles. The van der Waals surface area contributed by atoms with Gasteiger partial charge in [-0.2, -0.15) is 0 Å². The second kappa shape index (κ2) is 10.8. The van der Waals surface area contributed by atoms with Crippen molar-refractivity contribution in [1.29, 1.82) is 0 Å². The topological polar surface area (TPSA) is 119 Å². The highest BCUT2D eigenvalue weighted by molar-refractivity contribution is 5.97. The first kappa shape index (κ1) is 24.0. The van der Waals surface area contributed by atoms with Gasteiger partial charge in [0.25, 0.3) is 11.8 Å². The van der Waals surface area contributed by atoms with Crippen LogP contribution >= 0.6 is 0 Å². The summed E-state index contributed by atoms with van der Waals surface area (Å²) in [6, 6.07) is 6.38. The Morgan fingerprint density at radius 2 is 1.64 bits per heavy atom. The van der Waals surface area contributed by atoms with E-state index in [1.165, 1.54) is 33.5 Å². The minimum atomic E-state index is -0.432. The molecular formula is C23H29N3O7. The lowest BCUT2D eigenvalue weighted by molar-refractivity contribution is -0.131. The van der Waals surface area contributed by atoms with Crippen LogP contribution < -0.4 is 24.8 Å². The number of rotatable bonds is 8. The van der Waals surface area contributed by atoms with Crippen molar-refractivity contribution >= 4 is 17.7 Å². The Labute approximate surface area is 192 Å². The maximum absolute atomic E-state index is 12.6. The van der Waals surface area contributed by atoms with Crippen LogP contribution in [0.25, 0.3) is 0 Å². The number of piperidine rings is 1. The van der Waals surface area contributed by atoms with Gasteiger partial charge < -0.3 is 34.2 Å². The van der Waals surface area contributed by atoms with Crippen molar-refractivity contribution in [2.45, 2.75) is 25.8 Å². The predicted octanol–water partition coefficient (Wildman–Crippen LogP) is 1.76. The average Bonchev–Trinajstić information content (AvgIpc) is 3.28. The zero-order chi connectivity index (χ0) is 24.0. The van der Waals surface area contributed by atoms with Gasteiger partial charge in [0, 0.05) is 24.7 Å².